The predicted molar refractivity (Wildman–Crippen MR) is 92.3 cm³/mol. The lowest BCUT2D eigenvalue weighted by atomic mass is 9.96. The van der Waals surface area contributed by atoms with Crippen LogP contribution in [0.25, 0.3) is 0 Å². The van der Waals surface area contributed by atoms with E-state index in [1.54, 1.807) is 18.2 Å². The van der Waals surface area contributed by atoms with Gasteiger partial charge in [0.1, 0.15) is 0 Å². The molecule has 0 spiro atoms. The molecule has 1 fully saturated rings. The first-order valence-electron chi connectivity index (χ1n) is 7.81. The Kier molecular flexibility index (Phi) is 4.69. The molecule has 6 heteroatoms. The van der Waals surface area contributed by atoms with Gasteiger partial charge in [0.15, 0.2) is 9.84 Å². The van der Waals surface area contributed by atoms with Gasteiger partial charge >= 0.3 is 0 Å². The summed E-state index contributed by atoms with van der Waals surface area (Å²) in [6, 6.07) is 15.9. The number of carbonyl (C=O) groups is 1. The molecule has 126 valence electrons. The standard InChI is InChI=1S/C18H20N2O3S/c1-24(22,23)16-9-5-8-14(10-16)17(13-6-3-2-4-7-13)20-18(21)15-11-19-12-15/h2-10,15,17,19H,11-12H2,1H3,(H,20,21). The third kappa shape index (κ3) is 3.66. The number of benzene rings is 2. The van der Waals surface area contributed by atoms with Crippen LogP contribution in [0.1, 0.15) is 17.2 Å². The summed E-state index contributed by atoms with van der Waals surface area (Å²) in [6.45, 7) is 1.35. The first-order chi connectivity index (χ1) is 11.4. The van der Waals surface area contributed by atoms with Crippen molar-refractivity contribution in [3.8, 4) is 0 Å². The predicted octanol–water partition coefficient (Wildman–Crippen LogP) is 1.52. The average Bonchev–Trinajstić information content (AvgIpc) is 2.51. The van der Waals surface area contributed by atoms with Gasteiger partial charge in [-0.05, 0) is 23.3 Å². The van der Waals surface area contributed by atoms with Gasteiger partial charge in [0.05, 0.1) is 16.9 Å². The number of carbonyl (C=O) groups excluding carboxylic acids is 1. The zero-order chi connectivity index (χ0) is 17.2. The van der Waals surface area contributed by atoms with Crippen LogP contribution in [-0.2, 0) is 14.6 Å². The van der Waals surface area contributed by atoms with Crippen LogP contribution in [0.3, 0.4) is 0 Å². The summed E-state index contributed by atoms with van der Waals surface area (Å²) in [5.41, 5.74) is 1.67. The van der Waals surface area contributed by atoms with E-state index in [9.17, 15) is 13.2 Å². The van der Waals surface area contributed by atoms with Crippen molar-refractivity contribution in [2.45, 2.75) is 10.9 Å². The summed E-state index contributed by atoms with van der Waals surface area (Å²) in [6.07, 6.45) is 1.18. The molecule has 1 atom stereocenters. The number of rotatable bonds is 5. The van der Waals surface area contributed by atoms with Crippen LogP contribution in [0, 0.1) is 5.92 Å². The molecule has 2 N–H and O–H groups in total. The molecule has 0 aromatic heterocycles. The molecule has 2 aromatic carbocycles. The van der Waals surface area contributed by atoms with Gasteiger partial charge in [-0.15, -0.1) is 0 Å². The van der Waals surface area contributed by atoms with Gasteiger partial charge < -0.3 is 10.6 Å². The summed E-state index contributed by atoms with van der Waals surface area (Å²) in [5, 5.41) is 6.14. The minimum Gasteiger partial charge on any atom is -0.345 e. The molecular weight excluding hydrogens is 324 g/mol. The molecule has 1 amide bonds. The molecule has 5 nitrogen and oxygen atoms in total. The smallest absolute Gasteiger partial charge is 0.226 e. The zero-order valence-electron chi connectivity index (χ0n) is 13.4. The molecule has 24 heavy (non-hydrogen) atoms. The van der Waals surface area contributed by atoms with Crippen LogP contribution in [0.15, 0.2) is 59.5 Å². The van der Waals surface area contributed by atoms with E-state index in [4.69, 9.17) is 0 Å². The normalized spacial score (nSPS) is 16.2. The second-order valence-corrected chi connectivity index (χ2v) is 8.07. The molecule has 1 saturated heterocycles. The Morgan fingerprint density at radius 1 is 1.08 bits per heavy atom. The third-order valence-corrected chi connectivity index (χ3v) is 5.30. The highest BCUT2D eigenvalue weighted by atomic mass is 32.2. The highest BCUT2D eigenvalue weighted by Crippen LogP contribution is 2.25. The maximum atomic E-state index is 12.4. The Hall–Kier alpha value is -2.18. The number of hydrogen-bond acceptors (Lipinski definition) is 4. The second kappa shape index (κ2) is 6.75. The fourth-order valence-electron chi connectivity index (χ4n) is 2.66. The van der Waals surface area contributed by atoms with Crippen molar-refractivity contribution in [1.82, 2.24) is 10.6 Å². The van der Waals surface area contributed by atoms with Crippen LogP contribution in [0.4, 0.5) is 0 Å². The van der Waals surface area contributed by atoms with Gasteiger partial charge in [-0.3, -0.25) is 4.79 Å². The third-order valence-electron chi connectivity index (χ3n) is 4.19. The Bertz CT molecular complexity index is 830. The maximum Gasteiger partial charge on any atom is 0.226 e. The van der Waals surface area contributed by atoms with E-state index < -0.39 is 9.84 Å². The monoisotopic (exact) mass is 344 g/mol. The molecular formula is C18H20N2O3S. The summed E-state index contributed by atoms with van der Waals surface area (Å²) in [5.74, 6) is -0.0540. The van der Waals surface area contributed by atoms with Crippen molar-refractivity contribution in [3.63, 3.8) is 0 Å². The van der Waals surface area contributed by atoms with Gasteiger partial charge in [-0.25, -0.2) is 8.42 Å². The minimum atomic E-state index is -3.30. The fourth-order valence-corrected chi connectivity index (χ4v) is 3.34. The molecule has 1 unspecified atom stereocenters. The Labute approximate surface area is 142 Å². The van der Waals surface area contributed by atoms with E-state index in [-0.39, 0.29) is 22.8 Å². The Morgan fingerprint density at radius 2 is 1.75 bits per heavy atom. The van der Waals surface area contributed by atoms with Gasteiger partial charge in [0.2, 0.25) is 5.91 Å². The maximum absolute atomic E-state index is 12.4. The lowest BCUT2D eigenvalue weighted by molar-refractivity contribution is -0.126. The number of hydrogen-bond donors (Lipinski definition) is 2. The van der Waals surface area contributed by atoms with Crippen molar-refractivity contribution in [2.24, 2.45) is 5.92 Å². The first-order valence-corrected chi connectivity index (χ1v) is 9.70. The summed E-state index contributed by atoms with van der Waals surface area (Å²) in [7, 11) is -3.30. The van der Waals surface area contributed by atoms with Crippen LogP contribution in [0.2, 0.25) is 0 Å². The number of nitrogens with one attached hydrogen (secondary N) is 2. The Morgan fingerprint density at radius 3 is 2.33 bits per heavy atom. The lowest BCUT2D eigenvalue weighted by Gasteiger charge is -2.29. The molecule has 0 bridgehead atoms. The first kappa shape index (κ1) is 16.7. The molecule has 1 aliphatic heterocycles. The van der Waals surface area contributed by atoms with Gasteiger partial charge in [-0.1, -0.05) is 42.5 Å². The molecule has 1 aliphatic rings. The second-order valence-electron chi connectivity index (χ2n) is 6.05. The van der Waals surface area contributed by atoms with E-state index in [1.807, 2.05) is 36.4 Å². The molecule has 1 heterocycles. The molecule has 0 saturated carbocycles. The van der Waals surface area contributed by atoms with Crippen LogP contribution in [0.5, 0.6) is 0 Å². The van der Waals surface area contributed by atoms with Crippen molar-refractivity contribution in [3.05, 3.63) is 65.7 Å². The minimum absolute atomic E-state index is 0.0210. The highest BCUT2D eigenvalue weighted by molar-refractivity contribution is 7.90. The van der Waals surface area contributed by atoms with Crippen LogP contribution in [-0.4, -0.2) is 33.7 Å². The van der Waals surface area contributed by atoms with Crippen LogP contribution >= 0.6 is 0 Å². The highest BCUT2D eigenvalue weighted by Gasteiger charge is 2.28. The summed E-state index contributed by atoms with van der Waals surface area (Å²) in [4.78, 5) is 12.6. The summed E-state index contributed by atoms with van der Waals surface area (Å²) >= 11 is 0. The van der Waals surface area contributed by atoms with E-state index in [0.29, 0.717) is 13.1 Å². The zero-order valence-corrected chi connectivity index (χ0v) is 14.2. The van der Waals surface area contributed by atoms with Crippen molar-refractivity contribution in [2.75, 3.05) is 19.3 Å². The lowest BCUT2D eigenvalue weighted by Crippen LogP contribution is -2.51. The number of amides is 1. The molecule has 2 aromatic rings. The number of sulfone groups is 1. The summed E-state index contributed by atoms with van der Waals surface area (Å²) < 4.78 is 23.7. The molecule has 0 radical (unpaired) electrons. The molecule has 3 rings (SSSR count). The Balaban J connectivity index is 1.96. The van der Waals surface area contributed by atoms with E-state index in [1.165, 1.54) is 6.26 Å². The van der Waals surface area contributed by atoms with Gasteiger partial charge in [0, 0.05) is 19.3 Å². The average molecular weight is 344 g/mol. The van der Waals surface area contributed by atoms with E-state index >= 15 is 0 Å². The van der Waals surface area contributed by atoms with Crippen LogP contribution < -0.4 is 10.6 Å². The largest absolute Gasteiger partial charge is 0.345 e. The van der Waals surface area contributed by atoms with Crippen molar-refractivity contribution < 1.29 is 13.2 Å². The van der Waals surface area contributed by atoms with E-state index in [0.717, 1.165) is 11.1 Å². The van der Waals surface area contributed by atoms with Crippen molar-refractivity contribution >= 4 is 15.7 Å². The van der Waals surface area contributed by atoms with Gasteiger partial charge in [-0.2, -0.15) is 0 Å². The van der Waals surface area contributed by atoms with Crippen molar-refractivity contribution in [1.29, 1.82) is 0 Å². The SMILES string of the molecule is CS(=O)(=O)c1cccc(C(NC(=O)C2CNC2)c2ccccc2)c1. The molecule has 0 aliphatic carbocycles. The quantitative estimate of drug-likeness (QED) is 0.862. The fraction of sp³-hybridized carbons (Fsp3) is 0.278. The topological polar surface area (TPSA) is 75.3 Å². The van der Waals surface area contributed by atoms with E-state index in [2.05, 4.69) is 10.6 Å². The van der Waals surface area contributed by atoms with Gasteiger partial charge in [0.25, 0.3) is 0 Å².